The van der Waals surface area contributed by atoms with Crippen molar-refractivity contribution in [2.75, 3.05) is 30.9 Å². The Morgan fingerprint density at radius 2 is 1.83 bits per heavy atom. The number of hydrogen-bond acceptors (Lipinski definition) is 4. The molecule has 0 N–H and O–H groups in total. The van der Waals surface area contributed by atoms with Gasteiger partial charge in [0.25, 0.3) is 5.24 Å². The van der Waals surface area contributed by atoms with E-state index in [1.165, 1.54) is 0 Å². The maximum Gasteiger partial charge on any atom is 0.281 e. The van der Waals surface area contributed by atoms with Crippen LogP contribution in [0.4, 0.5) is 4.79 Å². The zero-order chi connectivity index (χ0) is 9.19. The number of amides is 1. The van der Waals surface area contributed by atoms with Crippen molar-refractivity contribution in [3.63, 3.8) is 0 Å². The van der Waals surface area contributed by atoms with Crippen molar-refractivity contribution >= 4 is 26.8 Å². The summed E-state index contributed by atoms with van der Waals surface area (Å²) in [5, 5.41) is -0.0371. The van der Waals surface area contributed by atoms with Crippen LogP contribution in [0, 0.1) is 0 Å². The monoisotopic (exact) mass is 209 g/mol. The molecule has 0 radical (unpaired) electrons. The van der Waals surface area contributed by atoms with Gasteiger partial charge in [-0.3, -0.25) is 4.79 Å². The maximum absolute atomic E-state index is 11.1. The van der Waals surface area contributed by atoms with Gasteiger partial charge in [0.15, 0.2) is 9.84 Å². The quantitative estimate of drug-likeness (QED) is 0.572. The van der Waals surface area contributed by atoms with E-state index in [0.717, 1.165) is 11.8 Å². The minimum Gasteiger partial charge on any atom is -0.332 e. The summed E-state index contributed by atoms with van der Waals surface area (Å²) in [5.41, 5.74) is 0. The van der Waals surface area contributed by atoms with Crippen molar-refractivity contribution in [1.82, 2.24) is 4.90 Å². The predicted octanol–water partition coefficient (Wildman–Crippen LogP) is 0.200. The van der Waals surface area contributed by atoms with Crippen molar-refractivity contribution in [3.05, 3.63) is 0 Å². The van der Waals surface area contributed by atoms with Crippen molar-refractivity contribution in [3.8, 4) is 0 Å². The van der Waals surface area contributed by atoms with Gasteiger partial charge in [-0.25, -0.2) is 8.42 Å². The molecular formula is C6H11NO3S2. The molecule has 1 aliphatic rings. The zero-order valence-electron chi connectivity index (χ0n) is 6.82. The molecule has 0 aromatic heterocycles. The Balaban J connectivity index is 2.52. The highest BCUT2D eigenvalue weighted by Gasteiger charge is 2.24. The lowest BCUT2D eigenvalue weighted by atomic mass is 10.5. The van der Waals surface area contributed by atoms with Crippen LogP contribution in [0.25, 0.3) is 0 Å². The van der Waals surface area contributed by atoms with E-state index >= 15 is 0 Å². The number of carbonyl (C=O) groups is 1. The molecule has 0 unspecified atom stereocenters. The first-order chi connectivity index (χ1) is 5.55. The van der Waals surface area contributed by atoms with E-state index in [2.05, 4.69) is 0 Å². The molecule has 1 amide bonds. The Morgan fingerprint density at radius 1 is 1.33 bits per heavy atom. The number of rotatable bonds is 0. The molecule has 1 rings (SSSR count). The third-order valence-electron chi connectivity index (χ3n) is 1.78. The summed E-state index contributed by atoms with van der Waals surface area (Å²) in [5.74, 6) is 0.221. The molecule has 1 aliphatic heterocycles. The van der Waals surface area contributed by atoms with Gasteiger partial charge < -0.3 is 4.90 Å². The van der Waals surface area contributed by atoms with Crippen molar-refractivity contribution in [2.24, 2.45) is 0 Å². The average Bonchev–Trinajstić information content (AvgIpc) is 2.03. The summed E-state index contributed by atoms with van der Waals surface area (Å²) in [6, 6.07) is 0. The van der Waals surface area contributed by atoms with Gasteiger partial charge in [0.05, 0.1) is 11.5 Å². The van der Waals surface area contributed by atoms with E-state index in [4.69, 9.17) is 0 Å². The number of carbonyl (C=O) groups excluding carboxylic acids is 1. The van der Waals surface area contributed by atoms with Gasteiger partial charge in [-0.15, -0.1) is 0 Å². The molecule has 6 heteroatoms. The lowest BCUT2D eigenvalue weighted by molar-refractivity contribution is 0.227. The normalized spacial score (nSPS) is 22.2. The summed E-state index contributed by atoms with van der Waals surface area (Å²) in [4.78, 5) is 12.6. The van der Waals surface area contributed by atoms with Crippen LogP contribution in [0.15, 0.2) is 0 Å². The lowest BCUT2D eigenvalue weighted by Gasteiger charge is -2.25. The van der Waals surface area contributed by atoms with Crippen LogP contribution < -0.4 is 0 Å². The van der Waals surface area contributed by atoms with Crippen molar-refractivity contribution in [2.45, 2.75) is 0 Å². The molecule has 0 aromatic rings. The second-order valence-corrected chi connectivity index (χ2v) is 5.67. The van der Waals surface area contributed by atoms with Crippen molar-refractivity contribution in [1.29, 1.82) is 0 Å². The smallest absolute Gasteiger partial charge is 0.281 e. The molecule has 0 aromatic carbocycles. The van der Waals surface area contributed by atoms with Gasteiger partial charge in [0.2, 0.25) is 0 Å². The highest BCUT2D eigenvalue weighted by atomic mass is 32.2. The van der Waals surface area contributed by atoms with E-state index in [-0.39, 0.29) is 16.7 Å². The number of sulfone groups is 1. The maximum atomic E-state index is 11.1. The molecule has 4 nitrogen and oxygen atoms in total. The second kappa shape index (κ2) is 3.66. The largest absolute Gasteiger partial charge is 0.332 e. The van der Waals surface area contributed by atoms with Crippen LogP contribution in [-0.2, 0) is 9.84 Å². The number of hydrogen-bond donors (Lipinski definition) is 0. The fourth-order valence-electron chi connectivity index (χ4n) is 1.02. The summed E-state index contributed by atoms with van der Waals surface area (Å²) in [7, 11) is -2.86. The van der Waals surface area contributed by atoms with Crippen LogP contribution in [0.2, 0.25) is 0 Å². The first-order valence-corrected chi connectivity index (χ1v) is 6.63. The van der Waals surface area contributed by atoms with Crippen LogP contribution in [0.1, 0.15) is 0 Å². The number of thioether (sulfide) groups is 1. The van der Waals surface area contributed by atoms with E-state index < -0.39 is 9.84 Å². The van der Waals surface area contributed by atoms with Gasteiger partial charge in [-0.2, -0.15) is 0 Å². The average molecular weight is 209 g/mol. The Labute approximate surface area is 76.2 Å². The van der Waals surface area contributed by atoms with E-state index in [1.54, 1.807) is 11.2 Å². The SMILES string of the molecule is CSC(=O)N1CCS(=O)(=O)CC1. The molecule has 0 atom stereocenters. The Kier molecular flexibility index (Phi) is 3.00. The van der Waals surface area contributed by atoms with Crippen LogP contribution >= 0.6 is 11.8 Å². The lowest BCUT2D eigenvalue weighted by Crippen LogP contribution is -2.42. The Hall–Kier alpha value is -0.230. The number of nitrogens with zero attached hydrogens (tertiary/aromatic N) is 1. The van der Waals surface area contributed by atoms with E-state index in [1.807, 2.05) is 0 Å². The Morgan fingerprint density at radius 3 is 2.25 bits per heavy atom. The van der Waals surface area contributed by atoms with Gasteiger partial charge >= 0.3 is 0 Å². The summed E-state index contributed by atoms with van der Waals surface area (Å²) < 4.78 is 21.9. The van der Waals surface area contributed by atoms with Gasteiger partial charge in [0.1, 0.15) is 0 Å². The molecule has 1 fully saturated rings. The molecular weight excluding hydrogens is 198 g/mol. The standard InChI is InChI=1S/C6H11NO3S2/c1-11-6(8)7-2-4-12(9,10)5-3-7/h2-5H2,1H3. The molecule has 0 bridgehead atoms. The summed E-state index contributed by atoms with van der Waals surface area (Å²) in [6.07, 6.45) is 1.70. The van der Waals surface area contributed by atoms with Gasteiger partial charge in [-0.1, -0.05) is 11.8 Å². The molecule has 1 saturated heterocycles. The van der Waals surface area contributed by atoms with Crippen LogP contribution in [0.3, 0.4) is 0 Å². The second-order valence-electron chi connectivity index (χ2n) is 2.61. The molecule has 0 saturated carbocycles. The van der Waals surface area contributed by atoms with Crippen LogP contribution in [0.5, 0.6) is 0 Å². The van der Waals surface area contributed by atoms with Gasteiger partial charge in [0, 0.05) is 13.1 Å². The molecule has 0 spiro atoms. The molecule has 70 valence electrons. The summed E-state index contributed by atoms with van der Waals surface area (Å²) in [6.45, 7) is 0.698. The topological polar surface area (TPSA) is 54.5 Å². The first-order valence-electron chi connectivity index (χ1n) is 3.58. The van der Waals surface area contributed by atoms with Crippen LogP contribution in [-0.4, -0.2) is 49.4 Å². The highest BCUT2D eigenvalue weighted by molar-refractivity contribution is 8.12. The fraction of sp³-hybridized carbons (Fsp3) is 0.833. The molecule has 0 aliphatic carbocycles. The highest BCUT2D eigenvalue weighted by Crippen LogP contribution is 2.09. The fourth-order valence-corrected chi connectivity index (χ4v) is 2.67. The van der Waals surface area contributed by atoms with E-state index in [0.29, 0.717) is 13.1 Å². The minimum absolute atomic E-state index is 0.0371. The molecule has 1 heterocycles. The third kappa shape index (κ3) is 2.38. The first kappa shape index (κ1) is 9.85. The summed E-state index contributed by atoms with van der Waals surface area (Å²) >= 11 is 1.12. The zero-order valence-corrected chi connectivity index (χ0v) is 8.45. The minimum atomic E-state index is -2.86. The predicted molar refractivity (Wildman–Crippen MR) is 49.1 cm³/mol. The third-order valence-corrected chi connectivity index (χ3v) is 3.99. The Bertz CT molecular complexity index is 259. The van der Waals surface area contributed by atoms with Gasteiger partial charge in [-0.05, 0) is 6.26 Å². The van der Waals surface area contributed by atoms with Crippen molar-refractivity contribution < 1.29 is 13.2 Å². The van der Waals surface area contributed by atoms with E-state index in [9.17, 15) is 13.2 Å². The molecule has 12 heavy (non-hydrogen) atoms.